The standard InChI is InChI=1S/C29H33NO7/c1-19(2)27(32)35-17-15-30(16-18-36-28(33)20(3)4)26(31)24-9-7-22(8-10-24)23-11-13-25(14-12-23)37-29(34)21(5)6/h7-14,20H,1,5,15-18H2,2-4,6H3. The van der Waals surface area contributed by atoms with E-state index in [9.17, 15) is 19.2 Å². The predicted molar refractivity (Wildman–Crippen MR) is 140 cm³/mol. The van der Waals surface area contributed by atoms with Gasteiger partial charge < -0.3 is 19.1 Å². The van der Waals surface area contributed by atoms with Gasteiger partial charge in [0.25, 0.3) is 5.91 Å². The van der Waals surface area contributed by atoms with E-state index in [0.29, 0.717) is 16.9 Å². The van der Waals surface area contributed by atoms with E-state index in [-0.39, 0.29) is 49.7 Å². The molecule has 37 heavy (non-hydrogen) atoms. The number of benzene rings is 2. The van der Waals surface area contributed by atoms with Gasteiger partial charge >= 0.3 is 17.9 Å². The molecule has 0 spiro atoms. The molecule has 0 aliphatic rings. The minimum absolute atomic E-state index is 0.0179. The Balaban J connectivity index is 2.10. The fourth-order valence-electron chi connectivity index (χ4n) is 3.01. The summed E-state index contributed by atoms with van der Waals surface area (Å²) in [5.74, 6) is -1.55. The predicted octanol–water partition coefficient (Wildman–Crippen LogP) is 4.60. The lowest BCUT2D eigenvalue weighted by molar-refractivity contribution is -0.147. The summed E-state index contributed by atoms with van der Waals surface area (Å²) in [4.78, 5) is 49.8. The van der Waals surface area contributed by atoms with Gasteiger partial charge in [-0.15, -0.1) is 0 Å². The zero-order valence-electron chi connectivity index (χ0n) is 21.7. The zero-order chi connectivity index (χ0) is 27.5. The molecule has 2 aromatic carbocycles. The molecule has 0 saturated carbocycles. The Labute approximate surface area is 217 Å². The van der Waals surface area contributed by atoms with Crippen molar-refractivity contribution >= 4 is 23.8 Å². The smallest absolute Gasteiger partial charge is 0.338 e. The average molecular weight is 508 g/mol. The Bertz CT molecular complexity index is 1150. The molecule has 196 valence electrons. The third kappa shape index (κ3) is 9.07. The second kappa shape index (κ2) is 13.8. The van der Waals surface area contributed by atoms with E-state index in [1.807, 2.05) is 12.1 Å². The van der Waals surface area contributed by atoms with Crippen LogP contribution in [0.3, 0.4) is 0 Å². The van der Waals surface area contributed by atoms with Crippen LogP contribution in [0.2, 0.25) is 0 Å². The molecule has 0 atom stereocenters. The van der Waals surface area contributed by atoms with Crippen molar-refractivity contribution in [2.45, 2.75) is 27.7 Å². The Morgan fingerprint density at radius 2 is 1.24 bits per heavy atom. The van der Waals surface area contributed by atoms with Crippen LogP contribution in [0.25, 0.3) is 11.1 Å². The molecule has 0 aliphatic carbocycles. The van der Waals surface area contributed by atoms with Gasteiger partial charge in [-0.05, 0) is 49.2 Å². The van der Waals surface area contributed by atoms with Crippen molar-refractivity contribution < 1.29 is 33.4 Å². The summed E-state index contributed by atoms with van der Waals surface area (Å²) in [7, 11) is 0. The molecule has 0 aromatic heterocycles. The lowest BCUT2D eigenvalue weighted by atomic mass is 10.0. The first-order valence-electron chi connectivity index (χ1n) is 11.9. The van der Waals surface area contributed by atoms with Crippen molar-refractivity contribution in [3.05, 3.63) is 78.4 Å². The minimum Gasteiger partial charge on any atom is -0.464 e. The highest BCUT2D eigenvalue weighted by Crippen LogP contribution is 2.23. The second-order valence-corrected chi connectivity index (χ2v) is 8.80. The van der Waals surface area contributed by atoms with Gasteiger partial charge in [-0.25, -0.2) is 9.59 Å². The van der Waals surface area contributed by atoms with Gasteiger partial charge in [0.2, 0.25) is 0 Å². The third-order valence-corrected chi connectivity index (χ3v) is 5.19. The zero-order valence-corrected chi connectivity index (χ0v) is 21.7. The Morgan fingerprint density at radius 1 is 0.757 bits per heavy atom. The maximum Gasteiger partial charge on any atom is 0.338 e. The van der Waals surface area contributed by atoms with E-state index in [1.54, 1.807) is 64.1 Å². The first-order valence-corrected chi connectivity index (χ1v) is 11.9. The summed E-state index contributed by atoms with van der Waals surface area (Å²) in [5.41, 5.74) is 2.74. The SMILES string of the molecule is C=C(C)C(=O)OCCN(CCOC(=O)C(C)C)C(=O)c1ccc(-c2ccc(OC(=O)C(=C)C)cc2)cc1. The van der Waals surface area contributed by atoms with Crippen molar-refractivity contribution in [1.82, 2.24) is 4.90 Å². The second-order valence-electron chi connectivity index (χ2n) is 8.80. The molecule has 0 heterocycles. The van der Waals surface area contributed by atoms with Gasteiger partial charge in [0.1, 0.15) is 19.0 Å². The summed E-state index contributed by atoms with van der Waals surface area (Å²) in [6, 6.07) is 14.0. The van der Waals surface area contributed by atoms with Crippen LogP contribution in [0, 0.1) is 5.92 Å². The topological polar surface area (TPSA) is 99.2 Å². The summed E-state index contributed by atoms with van der Waals surface area (Å²) in [5, 5.41) is 0. The van der Waals surface area contributed by atoms with Crippen LogP contribution in [0.15, 0.2) is 72.8 Å². The number of rotatable bonds is 12. The normalized spacial score (nSPS) is 10.4. The van der Waals surface area contributed by atoms with Crippen LogP contribution in [-0.2, 0) is 23.9 Å². The molecular formula is C29H33NO7. The molecule has 0 unspecified atom stereocenters. The highest BCUT2D eigenvalue weighted by Gasteiger charge is 2.18. The van der Waals surface area contributed by atoms with Gasteiger partial charge in [-0.2, -0.15) is 0 Å². The largest absolute Gasteiger partial charge is 0.464 e. The number of hydrogen-bond donors (Lipinski definition) is 0. The summed E-state index contributed by atoms with van der Waals surface area (Å²) in [6.45, 7) is 14.0. The Kier molecular flexibility index (Phi) is 10.8. The Morgan fingerprint density at radius 3 is 1.73 bits per heavy atom. The highest BCUT2D eigenvalue weighted by molar-refractivity contribution is 5.95. The maximum absolute atomic E-state index is 13.2. The van der Waals surface area contributed by atoms with Crippen molar-refractivity contribution in [3.8, 4) is 16.9 Å². The fourth-order valence-corrected chi connectivity index (χ4v) is 3.01. The quantitative estimate of drug-likeness (QED) is 0.235. The van der Waals surface area contributed by atoms with E-state index in [0.717, 1.165) is 11.1 Å². The van der Waals surface area contributed by atoms with E-state index >= 15 is 0 Å². The maximum atomic E-state index is 13.2. The van der Waals surface area contributed by atoms with Crippen molar-refractivity contribution in [2.75, 3.05) is 26.3 Å². The summed E-state index contributed by atoms with van der Waals surface area (Å²) >= 11 is 0. The number of hydrogen-bond acceptors (Lipinski definition) is 7. The molecule has 0 aliphatic heterocycles. The van der Waals surface area contributed by atoms with E-state index < -0.39 is 11.9 Å². The van der Waals surface area contributed by atoms with Crippen LogP contribution >= 0.6 is 0 Å². The van der Waals surface area contributed by atoms with E-state index in [2.05, 4.69) is 13.2 Å². The summed E-state index contributed by atoms with van der Waals surface area (Å²) in [6.07, 6.45) is 0. The van der Waals surface area contributed by atoms with E-state index in [1.165, 1.54) is 4.90 Å². The van der Waals surface area contributed by atoms with E-state index in [4.69, 9.17) is 14.2 Å². The van der Waals surface area contributed by atoms with Crippen molar-refractivity contribution in [2.24, 2.45) is 5.92 Å². The van der Waals surface area contributed by atoms with Gasteiger partial charge in [0, 0.05) is 16.7 Å². The molecule has 2 aromatic rings. The van der Waals surface area contributed by atoms with Gasteiger partial charge in [-0.1, -0.05) is 51.3 Å². The molecular weight excluding hydrogens is 474 g/mol. The number of ether oxygens (including phenoxy) is 3. The van der Waals surface area contributed by atoms with Gasteiger partial charge in [0.05, 0.1) is 19.0 Å². The number of nitrogens with zero attached hydrogens (tertiary/aromatic N) is 1. The van der Waals surface area contributed by atoms with Crippen LogP contribution in [0.4, 0.5) is 0 Å². The molecule has 1 amide bonds. The highest BCUT2D eigenvalue weighted by atomic mass is 16.5. The van der Waals surface area contributed by atoms with Crippen LogP contribution in [0.1, 0.15) is 38.1 Å². The van der Waals surface area contributed by atoms with Gasteiger partial charge in [0.15, 0.2) is 0 Å². The Hall–Kier alpha value is -4.20. The molecule has 0 N–H and O–H groups in total. The monoisotopic (exact) mass is 507 g/mol. The lowest BCUT2D eigenvalue weighted by Crippen LogP contribution is -2.37. The first kappa shape index (κ1) is 29.0. The molecule has 0 bridgehead atoms. The average Bonchev–Trinajstić information content (AvgIpc) is 2.87. The minimum atomic E-state index is -0.539. The van der Waals surface area contributed by atoms with Crippen molar-refractivity contribution in [1.29, 1.82) is 0 Å². The number of carbonyl (C=O) groups is 4. The van der Waals surface area contributed by atoms with Crippen LogP contribution < -0.4 is 4.74 Å². The molecule has 2 rings (SSSR count). The summed E-state index contributed by atoms with van der Waals surface area (Å²) < 4.78 is 15.6. The van der Waals surface area contributed by atoms with Crippen LogP contribution in [0.5, 0.6) is 5.75 Å². The first-order chi connectivity index (χ1) is 17.5. The molecule has 0 fully saturated rings. The lowest BCUT2D eigenvalue weighted by Gasteiger charge is -2.23. The fraction of sp³-hybridized carbons (Fsp3) is 0.310. The molecule has 0 saturated heterocycles. The van der Waals surface area contributed by atoms with Crippen LogP contribution in [-0.4, -0.2) is 55.0 Å². The third-order valence-electron chi connectivity index (χ3n) is 5.19. The number of esters is 3. The van der Waals surface area contributed by atoms with Crippen molar-refractivity contribution in [3.63, 3.8) is 0 Å². The van der Waals surface area contributed by atoms with Gasteiger partial charge in [-0.3, -0.25) is 9.59 Å². The molecule has 8 heteroatoms. The molecule has 0 radical (unpaired) electrons. The number of carbonyl (C=O) groups excluding carboxylic acids is 4. The molecule has 8 nitrogen and oxygen atoms in total. The number of amides is 1.